The van der Waals surface area contributed by atoms with Crippen molar-refractivity contribution >= 4 is 39.6 Å². The first-order valence-electron chi connectivity index (χ1n) is 13.3. The molecule has 0 aromatic heterocycles. The van der Waals surface area contributed by atoms with Gasteiger partial charge in [0.1, 0.15) is 27.8 Å². The van der Waals surface area contributed by atoms with E-state index in [-0.39, 0.29) is 42.6 Å². The molecule has 2 aromatic carbocycles. The Balaban J connectivity index is 1.29. The summed E-state index contributed by atoms with van der Waals surface area (Å²) in [6, 6.07) is 12.3. The topological polar surface area (TPSA) is 163 Å². The van der Waals surface area contributed by atoms with Gasteiger partial charge in [-0.2, -0.15) is 0 Å². The SMILES string of the molecule is CC(=O)N(C[C@H]1CN(c2ccc(C3CCS(=O)(=O)CC3)c(F)c2)C(=O)O1)C(=O)OCOC(=O)[C@@H](N)Cc1ccccc1. The molecule has 0 unspecified atom stereocenters. The lowest BCUT2D eigenvalue weighted by molar-refractivity contribution is -0.154. The van der Waals surface area contributed by atoms with Gasteiger partial charge >= 0.3 is 18.2 Å². The molecular formula is C28H32FN3O9S. The quantitative estimate of drug-likeness (QED) is 0.332. The smallest absolute Gasteiger partial charge is 0.419 e. The zero-order valence-electron chi connectivity index (χ0n) is 22.9. The number of cyclic esters (lactones) is 1. The van der Waals surface area contributed by atoms with Gasteiger partial charge in [-0.1, -0.05) is 36.4 Å². The second-order valence-electron chi connectivity index (χ2n) is 10.2. The molecule has 12 nitrogen and oxygen atoms in total. The summed E-state index contributed by atoms with van der Waals surface area (Å²) < 4.78 is 53.5. The van der Waals surface area contributed by atoms with E-state index in [0.29, 0.717) is 23.3 Å². The van der Waals surface area contributed by atoms with E-state index in [0.717, 1.165) is 12.5 Å². The number of esters is 1. The van der Waals surface area contributed by atoms with Crippen LogP contribution in [0.2, 0.25) is 0 Å². The lowest BCUT2D eigenvalue weighted by Crippen LogP contribution is -2.43. The number of hydrogen-bond acceptors (Lipinski definition) is 10. The van der Waals surface area contributed by atoms with Crippen molar-refractivity contribution in [3.63, 3.8) is 0 Å². The minimum atomic E-state index is -3.10. The number of rotatable bonds is 9. The van der Waals surface area contributed by atoms with Crippen molar-refractivity contribution in [2.45, 2.75) is 44.2 Å². The van der Waals surface area contributed by atoms with Gasteiger partial charge in [-0.3, -0.25) is 14.5 Å². The molecule has 2 saturated heterocycles. The highest BCUT2D eigenvalue weighted by Gasteiger charge is 2.37. The van der Waals surface area contributed by atoms with Crippen LogP contribution in [0.15, 0.2) is 48.5 Å². The molecule has 2 heterocycles. The molecule has 0 spiro atoms. The molecule has 226 valence electrons. The summed E-state index contributed by atoms with van der Waals surface area (Å²) in [5.74, 6) is -2.31. The van der Waals surface area contributed by atoms with Gasteiger partial charge in [-0.05, 0) is 48.4 Å². The first kappa shape index (κ1) is 30.9. The van der Waals surface area contributed by atoms with Crippen LogP contribution in [0.1, 0.15) is 36.8 Å². The molecule has 2 atom stereocenters. The van der Waals surface area contributed by atoms with Crippen molar-refractivity contribution in [3.8, 4) is 0 Å². The molecule has 0 bridgehead atoms. The number of nitrogens with two attached hydrogens (primary N) is 1. The maximum atomic E-state index is 15.0. The van der Waals surface area contributed by atoms with E-state index in [4.69, 9.17) is 19.9 Å². The summed E-state index contributed by atoms with van der Waals surface area (Å²) in [5, 5.41) is 0. The van der Waals surface area contributed by atoms with Crippen LogP contribution in [0, 0.1) is 5.82 Å². The van der Waals surface area contributed by atoms with Crippen molar-refractivity contribution in [2.75, 3.05) is 36.3 Å². The minimum absolute atomic E-state index is 0.00168. The maximum absolute atomic E-state index is 15.0. The molecule has 0 saturated carbocycles. The van der Waals surface area contributed by atoms with Gasteiger partial charge in [0, 0.05) is 6.92 Å². The van der Waals surface area contributed by atoms with E-state index in [9.17, 15) is 32.0 Å². The number of anilines is 1. The van der Waals surface area contributed by atoms with E-state index in [2.05, 4.69) is 0 Å². The zero-order chi connectivity index (χ0) is 30.4. The second-order valence-corrected chi connectivity index (χ2v) is 12.5. The number of benzene rings is 2. The summed E-state index contributed by atoms with van der Waals surface area (Å²) in [6.07, 6.45) is -2.00. The summed E-state index contributed by atoms with van der Waals surface area (Å²) in [4.78, 5) is 51.2. The zero-order valence-corrected chi connectivity index (χ0v) is 23.8. The van der Waals surface area contributed by atoms with Gasteiger partial charge in [-0.15, -0.1) is 0 Å². The Morgan fingerprint density at radius 3 is 2.45 bits per heavy atom. The average molecular weight is 606 g/mol. The lowest BCUT2D eigenvalue weighted by Gasteiger charge is -2.23. The number of nitrogens with zero attached hydrogens (tertiary/aromatic N) is 2. The Kier molecular flexibility index (Phi) is 9.78. The van der Waals surface area contributed by atoms with Crippen molar-refractivity contribution in [2.24, 2.45) is 5.73 Å². The number of carbonyl (C=O) groups is 4. The first-order chi connectivity index (χ1) is 19.9. The molecule has 14 heteroatoms. The molecule has 0 aliphatic carbocycles. The summed E-state index contributed by atoms with van der Waals surface area (Å²) >= 11 is 0. The highest BCUT2D eigenvalue weighted by molar-refractivity contribution is 7.91. The molecular weight excluding hydrogens is 573 g/mol. The second kappa shape index (κ2) is 13.3. The van der Waals surface area contributed by atoms with Crippen molar-refractivity contribution in [3.05, 3.63) is 65.5 Å². The molecule has 0 radical (unpaired) electrons. The van der Waals surface area contributed by atoms with Gasteiger partial charge in [0.15, 0.2) is 0 Å². The van der Waals surface area contributed by atoms with E-state index in [1.165, 1.54) is 17.0 Å². The Morgan fingerprint density at radius 1 is 1.12 bits per heavy atom. The summed E-state index contributed by atoms with van der Waals surface area (Å²) in [7, 11) is -3.10. The van der Waals surface area contributed by atoms with E-state index in [1.807, 2.05) is 6.07 Å². The third-order valence-electron chi connectivity index (χ3n) is 7.14. The van der Waals surface area contributed by atoms with Crippen LogP contribution in [0.4, 0.5) is 19.7 Å². The fourth-order valence-electron chi connectivity index (χ4n) is 4.85. The van der Waals surface area contributed by atoms with Crippen LogP contribution < -0.4 is 10.6 Å². The average Bonchev–Trinajstić information content (AvgIpc) is 3.32. The molecule has 2 N–H and O–H groups in total. The monoisotopic (exact) mass is 605 g/mol. The van der Waals surface area contributed by atoms with Gasteiger partial charge < -0.3 is 19.9 Å². The van der Waals surface area contributed by atoms with Crippen molar-refractivity contribution < 1.29 is 46.2 Å². The predicted octanol–water partition coefficient (Wildman–Crippen LogP) is 2.50. The van der Waals surface area contributed by atoms with Crippen LogP contribution in [-0.2, 0) is 40.1 Å². The summed E-state index contributed by atoms with van der Waals surface area (Å²) in [5.41, 5.74) is 7.26. The number of carbonyl (C=O) groups excluding carboxylic acids is 4. The van der Waals surface area contributed by atoms with Gasteiger partial charge in [-0.25, -0.2) is 27.3 Å². The normalized spacial score (nSPS) is 19.1. The van der Waals surface area contributed by atoms with Crippen LogP contribution in [0.25, 0.3) is 0 Å². The van der Waals surface area contributed by atoms with Crippen molar-refractivity contribution in [1.29, 1.82) is 0 Å². The fraction of sp³-hybridized carbons (Fsp3) is 0.429. The van der Waals surface area contributed by atoms with Crippen LogP contribution in [0.3, 0.4) is 0 Å². The lowest BCUT2D eigenvalue weighted by atomic mass is 9.93. The number of imide groups is 1. The molecule has 42 heavy (non-hydrogen) atoms. The van der Waals surface area contributed by atoms with Gasteiger partial charge in [0.2, 0.25) is 12.7 Å². The maximum Gasteiger partial charge on any atom is 0.419 e. The number of ether oxygens (including phenoxy) is 3. The van der Waals surface area contributed by atoms with E-state index in [1.54, 1.807) is 30.3 Å². The van der Waals surface area contributed by atoms with Crippen LogP contribution in [0.5, 0.6) is 0 Å². The largest absolute Gasteiger partial charge is 0.442 e. The van der Waals surface area contributed by atoms with Gasteiger partial charge in [0.05, 0.1) is 30.3 Å². The molecule has 2 aliphatic heterocycles. The highest BCUT2D eigenvalue weighted by atomic mass is 32.2. The van der Waals surface area contributed by atoms with E-state index < -0.39 is 58.7 Å². The van der Waals surface area contributed by atoms with Crippen molar-refractivity contribution in [1.82, 2.24) is 4.90 Å². The molecule has 3 amide bonds. The minimum Gasteiger partial charge on any atom is -0.442 e. The third kappa shape index (κ3) is 7.82. The van der Waals surface area contributed by atoms with Crippen LogP contribution >= 0.6 is 0 Å². The van der Waals surface area contributed by atoms with Gasteiger partial charge in [0.25, 0.3) is 0 Å². The summed E-state index contributed by atoms with van der Waals surface area (Å²) in [6.45, 7) is -0.101. The standard InChI is InChI=1S/C28H32FN3O9S/c1-18(33)31(27(35)40-17-39-26(34)25(30)13-19-5-3-2-4-6-19)15-22-16-32(28(36)41-22)21-7-8-23(24(29)14-21)20-9-11-42(37,38)12-10-20/h2-8,14,20,22,25H,9-13,15-17,30H2,1H3/t22-,25-/m0/s1. The van der Waals surface area contributed by atoms with Crippen LogP contribution in [-0.4, -0.2) is 80.9 Å². The Hall–Kier alpha value is -4.04. The van der Waals surface area contributed by atoms with E-state index >= 15 is 0 Å². The number of sulfone groups is 1. The molecule has 2 aromatic rings. The number of hydrogen-bond donors (Lipinski definition) is 1. The molecule has 2 fully saturated rings. The molecule has 4 rings (SSSR count). The first-order valence-corrected chi connectivity index (χ1v) is 15.1. The third-order valence-corrected chi connectivity index (χ3v) is 8.85. The number of amides is 3. The highest BCUT2D eigenvalue weighted by Crippen LogP contribution is 2.33. The molecule has 2 aliphatic rings. The predicted molar refractivity (Wildman–Crippen MR) is 148 cm³/mol. The Morgan fingerprint density at radius 2 is 1.81 bits per heavy atom. The number of halogens is 1. The fourth-order valence-corrected chi connectivity index (χ4v) is 6.34. The Labute approximate surface area is 242 Å². The Bertz CT molecular complexity index is 1420.